The van der Waals surface area contributed by atoms with Crippen molar-refractivity contribution in [3.63, 3.8) is 0 Å². The Labute approximate surface area is 130 Å². The Morgan fingerprint density at radius 2 is 1.90 bits per heavy atom. The molecule has 6 heteroatoms. The van der Waals surface area contributed by atoms with E-state index in [0.29, 0.717) is 5.95 Å². The number of likely N-dealkylation sites (N-methyl/N-ethyl adjacent to an activating group) is 1. The molecule has 1 aromatic rings. The first-order valence-electron chi connectivity index (χ1n) is 7.24. The Morgan fingerprint density at radius 1 is 1.15 bits per heavy atom. The fourth-order valence-electron chi connectivity index (χ4n) is 1.82. The molecule has 0 aliphatic rings. The minimum atomic E-state index is 0.705. The second-order valence-corrected chi connectivity index (χ2v) is 5.94. The number of halogens is 1. The summed E-state index contributed by atoms with van der Waals surface area (Å²) in [4.78, 5) is 13.4. The van der Waals surface area contributed by atoms with E-state index in [-0.39, 0.29) is 0 Å². The Kier molecular flexibility index (Phi) is 7.84. The van der Waals surface area contributed by atoms with E-state index < -0.39 is 0 Å². The predicted octanol–water partition coefficient (Wildman–Crippen LogP) is 2.84. The van der Waals surface area contributed by atoms with Gasteiger partial charge in [0.2, 0.25) is 5.95 Å². The molecular formula is C14H26BrN5. The van der Waals surface area contributed by atoms with E-state index in [2.05, 4.69) is 69.0 Å². The van der Waals surface area contributed by atoms with Crippen LogP contribution in [0, 0.1) is 0 Å². The van der Waals surface area contributed by atoms with Crippen LogP contribution in [-0.2, 0) is 0 Å². The number of rotatable bonds is 9. The first kappa shape index (κ1) is 17.2. The molecule has 1 rings (SSSR count). The van der Waals surface area contributed by atoms with Crippen LogP contribution in [0.2, 0.25) is 0 Å². The average molecular weight is 344 g/mol. The van der Waals surface area contributed by atoms with Gasteiger partial charge in [0.15, 0.2) is 0 Å². The molecule has 0 aliphatic heterocycles. The zero-order valence-electron chi connectivity index (χ0n) is 13.0. The van der Waals surface area contributed by atoms with Crippen LogP contribution >= 0.6 is 15.9 Å². The fraction of sp³-hybridized carbons (Fsp3) is 0.714. The molecule has 0 atom stereocenters. The smallest absolute Gasteiger partial charge is 0.224 e. The van der Waals surface area contributed by atoms with Crippen molar-refractivity contribution in [2.24, 2.45) is 0 Å². The van der Waals surface area contributed by atoms with Gasteiger partial charge in [-0.2, -0.15) is 4.98 Å². The van der Waals surface area contributed by atoms with Crippen molar-refractivity contribution in [2.75, 3.05) is 50.5 Å². The second-order valence-electron chi connectivity index (χ2n) is 5.08. The topological polar surface area (TPSA) is 44.3 Å². The highest BCUT2D eigenvalue weighted by Gasteiger charge is 2.13. The van der Waals surface area contributed by atoms with Gasteiger partial charge in [-0.25, -0.2) is 4.98 Å². The normalized spacial score (nSPS) is 10.9. The molecule has 0 radical (unpaired) electrons. The van der Waals surface area contributed by atoms with Crippen molar-refractivity contribution in [1.82, 2.24) is 14.9 Å². The van der Waals surface area contributed by atoms with Crippen molar-refractivity contribution in [2.45, 2.75) is 26.7 Å². The summed E-state index contributed by atoms with van der Waals surface area (Å²) in [6, 6.07) is 0. The van der Waals surface area contributed by atoms with Crippen LogP contribution < -0.4 is 10.2 Å². The SMILES string of the molecule is CCCNc1ncc(Br)c(N(CCC)CCN(C)C)n1. The third-order valence-electron chi connectivity index (χ3n) is 2.87. The molecule has 0 fully saturated rings. The standard InChI is InChI=1S/C14H26BrN5/c1-5-7-16-14-17-11-12(15)13(18-14)20(8-6-2)10-9-19(3)4/h11H,5-10H2,1-4H3,(H,16,17,18). The predicted molar refractivity (Wildman–Crippen MR) is 89.6 cm³/mol. The minimum absolute atomic E-state index is 0.705. The van der Waals surface area contributed by atoms with Crippen LogP contribution in [0.15, 0.2) is 10.7 Å². The van der Waals surface area contributed by atoms with E-state index >= 15 is 0 Å². The maximum absolute atomic E-state index is 4.65. The van der Waals surface area contributed by atoms with E-state index in [1.54, 1.807) is 0 Å². The fourth-order valence-corrected chi connectivity index (χ4v) is 2.26. The molecule has 1 heterocycles. The number of hydrogen-bond acceptors (Lipinski definition) is 5. The van der Waals surface area contributed by atoms with Gasteiger partial charge in [0.05, 0.1) is 4.47 Å². The molecular weight excluding hydrogens is 318 g/mol. The van der Waals surface area contributed by atoms with E-state index in [4.69, 9.17) is 0 Å². The van der Waals surface area contributed by atoms with Crippen LogP contribution in [0.3, 0.4) is 0 Å². The van der Waals surface area contributed by atoms with Gasteiger partial charge < -0.3 is 15.1 Å². The van der Waals surface area contributed by atoms with Crippen LogP contribution in [0.4, 0.5) is 11.8 Å². The van der Waals surface area contributed by atoms with Crippen LogP contribution in [0.25, 0.3) is 0 Å². The second kappa shape index (κ2) is 9.13. The number of nitrogens with zero attached hydrogens (tertiary/aromatic N) is 4. The summed E-state index contributed by atoms with van der Waals surface area (Å²) in [7, 11) is 4.18. The summed E-state index contributed by atoms with van der Waals surface area (Å²) in [6.07, 6.45) is 3.99. The van der Waals surface area contributed by atoms with Crippen molar-refractivity contribution in [3.05, 3.63) is 10.7 Å². The minimum Gasteiger partial charge on any atom is -0.354 e. The van der Waals surface area contributed by atoms with Gasteiger partial charge in [0, 0.05) is 32.4 Å². The molecule has 0 saturated carbocycles. The molecule has 20 heavy (non-hydrogen) atoms. The molecule has 0 aromatic carbocycles. The van der Waals surface area contributed by atoms with Gasteiger partial charge in [0.25, 0.3) is 0 Å². The summed E-state index contributed by atoms with van der Waals surface area (Å²) in [5.74, 6) is 1.68. The first-order valence-corrected chi connectivity index (χ1v) is 8.03. The third-order valence-corrected chi connectivity index (χ3v) is 3.43. The molecule has 0 amide bonds. The summed E-state index contributed by atoms with van der Waals surface area (Å²) in [5, 5.41) is 3.24. The van der Waals surface area contributed by atoms with E-state index in [9.17, 15) is 0 Å². The quantitative estimate of drug-likeness (QED) is 0.746. The molecule has 1 aromatic heterocycles. The zero-order chi connectivity index (χ0) is 15.0. The summed E-state index contributed by atoms with van der Waals surface area (Å²) in [5.41, 5.74) is 0. The Bertz CT molecular complexity index is 397. The maximum atomic E-state index is 4.65. The van der Waals surface area contributed by atoms with Crippen molar-refractivity contribution in [1.29, 1.82) is 0 Å². The van der Waals surface area contributed by atoms with Crippen LogP contribution in [0.1, 0.15) is 26.7 Å². The highest BCUT2D eigenvalue weighted by Crippen LogP contribution is 2.24. The number of aromatic nitrogens is 2. The van der Waals surface area contributed by atoms with Crippen molar-refractivity contribution in [3.8, 4) is 0 Å². The zero-order valence-corrected chi connectivity index (χ0v) is 14.6. The monoisotopic (exact) mass is 343 g/mol. The summed E-state index contributed by atoms with van der Waals surface area (Å²) < 4.78 is 0.951. The summed E-state index contributed by atoms with van der Waals surface area (Å²) >= 11 is 3.57. The third kappa shape index (κ3) is 5.63. The van der Waals surface area contributed by atoms with E-state index in [1.165, 1.54) is 0 Å². The molecule has 0 bridgehead atoms. The molecule has 114 valence electrons. The van der Waals surface area contributed by atoms with Gasteiger partial charge in [-0.3, -0.25) is 0 Å². The van der Waals surface area contributed by atoms with Gasteiger partial charge >= 0.3 is 0 Å². The molecule has 5 nitrogen and oxygen atoms in total. The van der Waals surface area contributed by atoms with Gasteiger partial charge in [-0.15, -0.1) is 0 Å². The molecule has 0 saturated heterocycles. The maximum Gasteiger partial charge on any atom is 0.224 e. The molecule has 1 N–H and O–H groups in total. The van der Waals surface area contributed by atoms with Crippen LogP contribution in [-0.4, -0.2) is 55.1 Å². The lowest BCUT2D eigenvalue weighted by Crippen LogP contribution is -2.33. The van der Waals surface area contributed by atoms with Gasteiger partial charge in [0.1, 0.15) is 5.82 Å². The largest absolute Gasteiger partial charge is 0.354 e. The molecule has 0 unspecified atom stereocenters. The van der Waals surface area contributed by atoms with Crippen molar-refractivity contribution >= 4 is 27.7 Å². The Hall–Kier alpha value is -0.880. The van der Waals surface area contributed by atoms with Gasteiger partial charge in [-0.05, 0) is 42.9 Å². The van der Waals surface area contributed by atoms with E-state index in [1.807, 2.05) is 6.20 Å². The number of hydrogen-bond donors (Lipinski definition) is 1. The lowest BCUT2D eigenvalue weighted by molar-refractivity contribution is 0.412. The Balaban J connectivity index is 2.86. The highest BCUT2D eigenvalue weighted by atomic mass is 79.9. The number of nitrogens with one attached hydrogen (secondary N) is 1. The van der Waals surface area contributed by atoms with Crippen molar-refractivity contribution < 1.29 is 0 Å². The number of anilines is 2. The molecule has 0 aliphatic carbocycles. The first-order chi connectivity index (χ1) is 9.58. The lowest BCUT2D eigenvalue weighted by atomic mass is 10.3. The van der Waals surface area contributed by atoms with Gasteiger partial charge in [-0.1, -0.05) is 13.8 Å². The Morgan fingerprint density at radius 3 is 2.50 bits per heavy atom. The molecule has 0 spiro atoms. The van der Waals surface area contributed by atoms with E-state index in [0.717, 1.165) is 49.3 Å². The van der Waals surface area contributed by atoms with Crippen LogP contribution in [0.5, 0.6) is 0 Å². The lowest BCUT2D eigenvalue weighted by Gasteiger charge is -2.26. The highest BCUT2D eigenvalue weighted by molar-refractivity contribution is 9.10. The summed E-state index contributed by atoms with van der Waals surface area (Å²) in [6.45, 7) is 8.18. The average Bonchev–Trinajstić information content (AvgIpc) is 2.42.